The van der Waals surface area contributed by atoms with Crippen molar-refractivity contribution in [2.45, 2.75) is 6.92 Å². The number of methoxy groups -OCH3 is 1. The van der Waals surface area contributed by atoms with Gasteiger partial charge in [0.2, 0.25) is 11.0 Å². The zero-order valence-electron chi connectivity index (χ0n) is 21.2. The molecule has 1 aromatic carbocycles. The van der Waals surface area contributed by atoms with Gasteiger partial charge in [0.15, 0.2) is 5.01 Å². The van der Waals surface area contributed by atoms with Gasteiger partial charge in [0.1, 0.15) is 12.4 Å². The van der Waals surface area contributed by atoms with Crippen molar-refractivity contribution in [3.05, 3.63) is 47.8 Å². The van der Waals surface area contributed by atoms with E-state index in [1.165, 1.54) is 11.3 Å². The van der Waals surface area contributed by atoms with E-state index in [9.17, 15) is 9.59 Å². The van der Waals surface area contributed by atoms with E-state index < -0.39 is 0 Å². The average Bonchev–Trinajstić information content (AvgIpc) is 3.34. The summed E-state index contributed by atoms with van der Waals surface area (Å²) < 4.78 is 10.8. The molecule has 0 aliphatic carbocycles. The maximum absolute atomic E-state index is 13.0. The Morgan fingerprint density at radius 3 is 2.65 bits per heavy atom. The molecule has 196 valence electrons. The molecule has 12 heteroatoms. The molecule has 3 aromatic rings. The number of nitrogens with zero attached hydrogens (tertiary/aromatic N) is 5. The van der Waals surface area contributed by atoms with Crippen LogP contribution in [0.4, 0.5) is 10.8 Å². The maximum Gasteiger partial charge on any atom is 0.257 e. The van der Waals surface area contributed by atoms with Crippen molar-refractivity contribution in [1.82, 2.24) is 25.0 Å². The van der Waals surface area contributed by atoms with Crippen molar-refractivity contribution < 1.29 is 19.1 Å². The molecule has 0 saturated carbocycles. The molecule has 1 saturated heterocycles. The molecular weight excluding hydrogens is 494 g/mol. The first-order valence-corrected chi connectivity index (χ1v) is 12.8. The third kappa shape index (κ3) is 7.29. The van der Waals surface area contributed by atoms with Gasteiger partial charge in [-0.2, -0.15) is 0 Å². The Balaban J connectivity index is 1.46. The summed E-state index contributed by atoms with van der Waals surface area (Å²) in [5.41, 5.74) is 2.66. The second kappa shape index (κ2) is 12.7. The second-order valence-corrected chi connectivity index (χ2v) is 9.71. The maximum atomic E-state index is 13.0. The van der Waals surface area contributed by atoms with E-state index in [-0.39, 0.29) is 18.4 Å². The van der Waals surface area contributed by atoms with E-state index in [1.807, 2.05) is 13.0 Å². The van der Waals surface area contributed by atoms with Crippen LogP contribution in [0.2, 0.25) is 0 Å². The topological polar surface area (TPSA) is 122 Å². The summed E-state index contributed by atoms with van der Waals surface area (Å²) in [5.74, 6) is -0.0755. The zero-order chi connectivity index (χ0) is 26.2. The largest absolute Gasteiger partial charge is 0.489 e. The van der Waals surface area contributed by atoms with Gasteiger partial charge in [-0.3, -0.25) is 24.8 Å². The predicted octanol–water partition coefficient (Wildman–Crippen LogP) is 2.37. The molecule has 3 heterocycles. The number of nitrogens with one attached hydrogen (secondary N) is 2. The second-order valence-electron chi connectivity index (χ2n) is 8.74. The number of benzene rings is 1. The number of rotatable bonds is 10. The van der Waals surface area contributed by atoms with Gasteiger partial charge >= 0.3 is 0 Å². The summed E-state index contributed by atoms with van der Waals surface area (Å²) in [7, 11) is 3.66. The number of ether oxygens (including phenoxy) is 2. The highest BCUT2D eigenvalue weighted by Gasteiger charge is 2.19. The highest BCUT2D eigenvalue weighted by atomic mass is 32.1. The zero-order valence-corrected chi connectivity index (χ0v) is 22.0. The smallest absolute Gasteiger partial charge is 0.257 e. The standard InChI is InChI=1S/C25H31N7O4S/c1-17-6-7-26-15-19(17)24-29-30-25(37-24)28-23(34)18-4-5-21(36-13-12-35-3)20(14-18)27-22(33)16-32-10-8-31(2)9-11-32/h4-7,14-15H,8-13,16H2,1-3H3,(H,27,33)(H,28,30,34). The van der Waals surface area contributed by atoms with Crippen molar-refractivity contribution in [1.29, 1.82) is 0 Å². The monoisotopic (exact) mass is 525 g/mol. The molecule has 0 bridgehead atoms. The Kier molecular flexibility index (Phi) is 9.12. The minimum atomic E-state index is -0.372. The first-order valence-electron chi connectivity index (χ1n) is 12.0. The molecule has 0 atom stereocenters. The molecule has 2 amide bonds. The van der Waals surface area contributed by atoms with Gasteiger partial charge in [-0.05, 0) is 43.8 Å². The Bertz CT molecular complexity index is 1230. The molecule has 11 nitrogen and oxygen atoms in total. The number of aromatic nitrogens is 3. The van der Waals surface area contributed by atoms with Crippen LogP contribution < -0.4 is 15.4 Å². The molecule has 4 rings (SSSR count). The number of carbonyl (C=O) groups excluding carboxylic acids is 2. The lowest BCUT2D eigenvalue weighted by Crippen LogP contribution is -2.47. The van der Waals surface area contributed by atoms with Crippen molar-refractivity contribution in [3.8, 4) is 16.3 Å². The Morgan fingerprint density at radius 1 is 1.08 bits per heavy atom. The first-order chi connectivity index (χ1) is 17.9. The van der Waals surface area contributed by atoms with Gasteiger partial charge < -0.3 is 19.7 Å². The van der Waals surface area contributed by atoms with Gasteiger partial charge in [-0.15, -0.1) is 10.2 Å². The van der Waals surface area contributed by atoms with Gasteiger partial charge in [0.05, 0.1) is 18.8 Å². The van der Waals surface area contributed by atoms with Gasteiger partial charge in [-0.25, -0.2) is 0 Å². The predicted molar refractivity (Wildman–Crippen MR) is 142 cm³/mol. The van der Waals surface area contributed by atoms with E-state index in [1.54, 1.807) is 37.7 Å². The summed E-state index contributed by atoms with van der Waals surface area (Å²) in [6.45, 7) is 6.43. The molecule has 37 heavy (non-hydrogen) atoms. The third-order valence-electron chi connectivity index (χ3n) is 5.94. The molecule has 1 aliphatic heterocycles. The average molecular weight is 526 g/mol. The first kappa shape index (κ1) is 26.6. The lowest BCUT2D eigenvalue weighted by Gasteiger charge is -2.31. The van der Waals surface area contributed by atoms with E-state index in [0.717, 1.165) is 37.3 Å². The molecule has 1 fully saturated rings. The van der Waals surface area contributed by atoms with E-state index in [0.29, 0.717) is 40.4 Å². The van der Waals surface area contributed by atoms with Crippen LogP contribution in [0.15, 0.2) is 36.7 Å². The number of amides is 2. The van der Waals surface area contributed by atoms with Crippen LogP contribution >= 0.6 is 11.3 Å². The quantitative estimate of drug-likeness (QED) is 0.384. The molecule has 2 aromatic heterocycles. The summed E-state index contributed by atoms with van der Waals surface area (Å²) in [4.78, 5) is 34.3. The number of aryl methyl sites for hydroxylation is 1. The number of hydrogen-bond acceptors (Lipinski definition) is 10. The molecule has 0 unspecified atom stereocenters. The number of pyridine rings is 1. The number of carbonyl (C=O) groups is 2. The van der Waals surface area contributed by atoms with Crippen LogP contribution in [-0.2, 0) is 9.53 Å². The van der Waals surface area contributed by atoms with Crippen LogP contribution in [-0.4, -0.2) is 96.9 Å². The van der Waals surface area contributed by atoms with E-state index in [4.69, 9.17) is 9.47 Å². The number of piperazine rings is 1. The normalized spacial score (nSPS) is 14.4. The fourth-order valence-electron chi connectivity index (χ4n) is 3.77. The fourth-order valence-corrected chi connectivity index (χ4v) is 4.58. The van der Waals surface area contributed by atoms with E-state index >= 15 is 0 Å². The van der Waals surface area contributed by atoms with Crippen LogP contribution in [0.1, 0.15) is 15.9 Å². The van der Waals surface area contributed by atoms with Crippen molar-refractivity contribution in [3.63, 3.8) is 0 Å². The lowest BCUT2D eigenvalue weighted by atomic mass is 10.1. The van der Waals surface area contributed by atoms with Gasteiger partial charge in [0.25, 0.3) is 5.91 Å². The molecule has 0 radical (unpaired) electrons. The highest BCUT2D eigenvalue weighted by molar-refractivity contribution is 7.18. The Labute approximate surface area is 219 Å². The van der Waals surface area contributed by atoms with Crippen LogP contribution in [0.25, 0.3) is 10.6 Å². The van der Waals surface area contributed by atoms with Crippen LogP contribution in [0.5, 0.6) is 5.75 Å². The minimum Gasteiger partial charge on any atom is -0.489 e. The van der Waals surface area contributed by atoms with Crippen molar-refractivity contribution >= 4 is 34.0 Å². The number of anilines is 2. The summed E-state index contributed by atoms with van der Waals surface area (Å²) in [5, 5.41) is 15.0. The fraction of sp³-hybridized carbons (Fsp3) is 0.400. The highest BCUT2D eigenvalue weighted by Crippen LogP contribution is 2.30. The summed E-state index contributed by atoms with van der Waals surface area (Å²) in [6, 6.07) is 6.80. The molecule has 1 aliphatic rings. The summed E-state index contributed by atoms with van der Waals surface area (Å²) in [6.07, 6.45) is 3.44. The molecule has 2 N–H and O–H groups in total. The molecule has 0 spiro atoms. The van der Waals surface area contributed by atoms with Crippen LogP contribution in [0.3, 0.4) is 0 Å². The molecular formula is C25H31N7O4S. The van der Waals surface area contributed by atoms with Crippen LogP contribution in [0, 0.1) is 6.92 Å². The van der Waals surface area contributed by atoms with Crippen molar-refractivity contribution in [2.24, 2.45) is 0 Å². The lowest BCUT2D eigenvalue weighted by molar-refractivity contribution is -0.117. The minimum absolute atomic E-state index is 0.167. The van der Waals surface area contributed by atoms with Gasteiger partial charge in [0, 0.05) is 56.8 Å². The Morgan fingerprint density at radius 2 is 1.89 bits per heavy atom. The third-order valence-corrected chi connectivity index (χ3v) is 6.81. The SMILES string of the molecule is COCCOc1ccc(C(=O)Nc2nnc(-c3cnccc3C)s2)cc1NC(=O)CN1CCN(C)CC1. The van der Waals surface area contributed by atoms with Gasteiger partial charge in [-0.1, -0.05) is 11.3 Å². The van der Waals surface area contributed by atoms with E-state index in [2.05, 4.69) is 42.7 Å². The van der Waals surface area contributed by atoms with Crippen molar-refractivity contribution in [2.75, 3.05) is 70.7 Å². The number of hydrogen-bond donors (Lipinski definition) is 2. The Hall–Kier alpha value is -3.45. The summed E-state index contributed by atoms with van der Waals surface area (Å²) >= 11 is 1.26. The number of likely N-dealkylation sites (N-methyl/N-ethyl adjacent to an activating group) is 1.